The van der Waals surface area contributed by atoms with Crippen molar-refractivity contribution in [2.24, 2.45) is 0 Å². The molecule has 1 atom stereocenters. The van der Waals surface area contributed by atoms with Crippen LogP contribution < -0.4 is 0 Å². The molecular weight excluding hydrogens is 244 g/mol. The lowest BCUT2D eigenvalue weighted by Crippen LogP contribution is -2.17. The van der Waals surface area contributed by atoms with Crippen molar-refractivity contribution in [3.8, 4) is 0 Å². The van der Waals surface area contributed by atoms with Gasteiger partial charge in [-0.25, -0.2) is 4.68 Å². The highest BCUT2D eigenvalue weighted by Crippen LogP contribution is 2.17. The maximum atomic E-state index is 10.8. The first-order chi connectivity index (χ1) is 9.19. The topological polar surface area (TPSA) is 80.9 Å². The van der Waals surface area contributed by atoms with E-state index in [2.05, 4.69) is 22.4 Å². The smallest absolute Gasteiger partial charge is 0.305 e. The van der Waals surface area contributed by atoms with Crippen LogP contribution in [0.25, 0.3) is 0 Å². The first kappa shape index (κ1) is 15.6. The van der Waals surface area contributed by atoms with Gasteiger partial charge in [0.15, 0.2) is 5.82 Å². The Bertz CT molecular complexity index is 378. The molecule has 0 aliphatic carbocycles. The van der Waals surface area contributed by atoms with E-state index in [1.165, 1.54) is 25.7 Å². The van der Waals surface area contributed by atoms with Crippen molar-refractivity contribution in [1.82, 2.24) is 20.2 Å². The maximum Gasteiger partial charge on any atom is 0.305 e. The van der Waals surface area contributed by atoms with E-state index >= 15 is 0 Å². The summed E-state index contributed by atoms with van der Waals surface area (Å²) in [5, 5.41) is 20.5. The van der Waals surface area contributed by atoms with Gasteiger partial charge in [-0.2, -0.15) is 0 Å². The van der Waals surface area contributed by atoms with Crippen molar-refractivity contribution < 1.29 is 9.90 Å². The Morgan fingerprint density at radius 2 is 2.00 bits per heavy atom. The van der Waals surface area contributed by atoms with E-state index in [9.17, 15) is 4.79 Å². The van der Waals surface area contributed by atoms with Gasteiger partial charge in [0.05, 0.1) is 12.5 Å². The van der Waals surface area contributed by atoms with Gasteiger partial charge in [0.1, 0.15) is 0 Å². The number of aliphatic carboxylic acids is 1. The van der Waals surface area contributed by atoms with Crippen molar-refractivity contribution in [2.75, 3.05) is 0 Å². The molecule has 0 aliphatic rings. The van der Waals surface area contributed by atoms with Gasteiger partial charge in [-0.1, -0.05) is 39.5 Å². The van der Waals surface area contributed by atoms with E-state index < -0.39 is 5.97 Å². The lowest BCUT2D eigenvalue weighted by atomic mass is 10.1. The highest BCUT2D eigenvalue weighted by Gasteiger charge is 2.18. The van der Waals surface area contributed by atoms with Crippen molar-refractivity contribution in [1.29, 1.82) is 0 Å². The Balaban J connectivity index is 2.50. The van der Waals surface area contributed by atoms with Crippen LogP contribution in [0.15, 0.2) is 0 Å². The van der Waals surface area contributed by atoms with E-state index in [0.29, 0.717) is 0 Å². The van der Waals surface area contributed by atoms with Crippen LogP contribution in [0.3, 0.4) is 0 Å². The molecule has 0 spiro atoms. The van der Waals surface area contributed by atoms with E-state index in [0.717, 1.165) is 25.1 Å². The third-order valence-electron chi connectivity index (χ3n) is 3.29. The third-order valence-corrected chi connectivity index (χ3v) is 3.29. The molecule has 0 bridgehead atoms. The minimum Gasteiger partial charge on any atom is -0.481 e. The number of hydrogen-bond donors (Lipinski definition) is 1. The number of rotatable bonds is 10. The molecule has 0 aliphatic heterocycles. The van der Waals surface area contributed by atoms with Crippen LogP contribution in [0.4, 0.5) is 0 Å². The zero-order valence-electron chi connectivity index (χ0n) is 11.9. The number of carboxylic acid groups (broad SMARTS) is 1. The molecule has 0 amide bonds. The van der Waals surface area contributed by atoms with E-state index in [-0.39, 0.29) is 12.5 Å². The number of carboxylic acids is 1. The molecular formula is C13H24N4O2. The van der Waals surface area contributed by atoms with E-state index in [1.54, 1.807) is 4.68 Å². The summed E-state index contributed by atoms with van der Waals surface area (Å²) >= 11 is 0. The van der Waals surface area contributed by atoms with Crippen molar-refractivity contribution in [2.45, 2.75) is 71.3 Å². The number of unbranched alkanes of at least 4 members (excludes halogenated alkanes) is 4. The SMILES string of the molecule is CCCCCCCc1nnnn1C(CC)CC(=O)O. The van der Waals surface area contributed by atoms with Crippen molar-refractivity contribution in [3.63, 3.8) is 0 Å². The van der Waals surface area contributed by atoms with Crippen LogP contribution in [0.2, 0.25) is 0 Å². The summed E-state index contributed by atoms with van der Waals surface area (Å²) in [6.45, 7) is 4.15. The Morgan fingerprint density at radius 1 is 1.26 bits per heavy atom. The highest BCUT2D eigenvalue weighted by atomic mass is 16.4. The fourth-order valence-corrected chi connectivity index (χ4v) is 2.15. The van der Waals surface area contributed by atoms with Gasteiger partial charge in [-0.05, 0) is 23.3 Å². The minimum absolute atomic E-state index is 0.0738. The van der Waals surface area contributed by atoms with Crippen molar-refractivity contribution in [3.05, 3.63) is 5.82 Å². The molecule has 6 heteroatoms. The number of tetrazole rings is 1. The zero-order chi connectivity index (χ0) is 14.1. The molecule has 0 fully saturated rings. The van der Waals surface area contributed by atoms with Gasteiger partial charge in [0, 0.05) is 6.42 Å². The molecule has 1 N–H and O–H groups in total. The van der Waals surface area contributed by atoms with Crippen LogP contribution in [-0.2, 0) is 11.2 Å². The molecule has 1 unspecified atom stereocenters. The number of carbonyl (C=O) groups is 1. The minimum atomic E-state index is -0.809. The van der Waals surface area contributed by atoms with Crippen LogP contribution in [0, 0.1) is 0 Å². The molecule has 1 aromatic rings. The first-order valence-corrected chi connectivity index (χ1v) is 7.17. The molecule has 1 rings (SSSR count). The largest absolute Gasteiger partial charge is 0.481 e. The predicted molar refractivity (Wildman–Crippen MR) is 71.9 cm³/mol. The summed E-state index contributed by atoms with van der Waals surface area (Å²) < 4.78 is 1.69. The first-order valence-electron chi connectivity index (χ1n) is 7.17. The van der Waals surface area contributed by atoms with Gasteiger partial charge >= 0.3 is 5.97 Å². The number of aryl methyl sites for hydroxylation is 1. The van der Waals surface area contributed by atoms with E-state index in [4.69, 9.17) is 5.11 Å². The Hall–Kier alpha value is -1.46. The summed E-state index contributed by atoms with van der Waals surface area (Å²) in [6, 6.07) is -0.141. The lowest BCUT2D eigenvalue weighted by molar-refractivity contribution is -0.138. The normalized spacial score (nSPS) is 12.5. The second kappa shape index (κ2) is 8.61. The number of aromatic nitrogens is 4. The zero-order valence-corrected chi connectivity index (χ0v) is 11.9. The second-order valence-corrected chi connectivity index (χ2v) is 4.86. The molecule has 0 saturated carbocycles. The number of nitrogens with zero attached hydrogens (tertiary/aromatic N) is 4. The van der Waals surface area contributed by atoms with Crippen LogP contribution in [0.1, 0.15) is 70.7 Å². The average molecular weight is 268 g/mol. The molecule has 108 valence electrons. The highest BCUT2D eigenvalue weighted by molar-refractivity contribution is 5.67. The monoisotopic (exact) mass is 268 g/mol. The molecule has 1 heterocycles. The Labute approximate surface area is 114 Å². The molecule has 6 nitrogen and oxygen atoms in total. The van der Waals surface area contributed by atoms with Crippen molar-refractivity contribution >= 4 is 5.97 Å². The Morgan fingerprint density at radius 3 is 2.63 bits per heavy atom. The molecule has 0 saturated heterocycles. The predicted octanol–water partition coefficient (Wildman–Crippen LogP) is 2.61. The molecule has 0 aromatic carbocycles. The number of hydrogen-bond acceptors (Lipinski definition) is 4. The average Bonchev–Trinajstić information content (AvgIpc) is 2.83. The summed E-state index contributed by atoms with van der Waals surface area (Å²) in [4.78, 5) is 10.8. The van der Waals surface area contributed by atoms with Crippen LogP contribution >= 0.6 is 0 Å². The van der Waals surface area contributed by atoms with Crippen LogP contribution in [0.5, 0.6) is 0 Å². The van der Waals surface area contributed by atoms with Gasteiger partial charge < -0.3 is 5.11 Å². The quantitative estimate of drug-likeness (QED) is 0.660. The Kier molecular flexibility index (Phi) is 7.07. The summed E-state index contributed by atoms with van der Waals surface area (Å²) in [5.41, 5.74) is 0. The lowest BCUT2D eigenvalue weighted by Gasteiger charge is -2.14. The second-order valence-electron chi connectivity index (χ2n) is 4.86. The summed E-state index contributed by atoms with van der Waals surface area (Å²) in [6.07, 6.45) is 7.60. The molecule has 1 aromatic heterocycles. The fourth-order valence-electron chi connectivity index (χ4n) is 2.15. The molecule has 0 radical (unpaired) electrons. The standard InChI is InChI=1S/C13H24N4O2/c1-3-5-6-7-8-9-12-14-15-16-17(12)11(4-2)10-13(18)19/h11H,3-10H2,1-2H3,(H,18,19). The third kappa shape index (κ3) is 5.36. The van der Waals surface area contributed by atoms with Gasteiger partial charge in [0.2, 0.25) is 0 Å². The fraction of sp³-hybridized carbons (Fsp3) is 0.846. The van der Waals surface area contributed by atoms with Crippen LogP contribution in [-0.4, -0.2) is 31.3 Å². The summed E-state index contributed by atoms with van der Waals surface area (Å²) in [7, 11) is 0. The maximum absolute atomic E-state index is 10.8. The van der Waals surface area contributed by atoms with E-state index in [1.807, 2.05) is 6.92 Å². The van der Waals surface area contributed by atoms with Gasteiger partial charge in [-0.3, -0.25) is 4.79 Å². The van der Waals surface area contributed by atoms with Gasteiger partial charge in [0.25, 0.3) is 0 Å². The van der Waals surface area contributed by atoms with Gasteiger partial charge in [-0.15, -0.1) is 5.10 Å². The molecule has 19 heavy (non-hydrogen) atoms. The summed E-state index contributed by atoms with van der Waals surface area (Å²) in [5.74, 6) is 0.000782.